The van der Waals surface area contributed by atoms with Crippen LogP contribution >= 0.6 is 11.6 Å². The number of nitriles is 1. The van der Waals surface area contributed by atoms with Crippen molar-refractivity contribution in [1.82, 2.24) is 26.5 Å². The summed E-state index contributed by atoms with van der Waals surface area (Å²) in [5, 5.41) is 15.7. The number of benzene rings is 3. The number of nitrogens with one attached hydrogen (secondary N) is 4. The molecule has 1 saturated heterocycles. The van der Waals surface area contributed by atoms with Crippen LogP contribution in [0.15, 0.2) is 67.0 Å². The first-order valence-corrected chi connectivity index (χ1v) is 14.7. The Bertz CT molecular complexity index is 1780. The molecule has 1 aliphatic carbocycles. The fourth-order valence-electron chi connectivity index (χ4n) is 5.58. The minimum absolute atomic E-state index is 0.169. The Balaban J connectivity index is 1.25. The fourth-order valence-corrected chi connectivity index (χ4v) is 5.82. The molecule has 1 fully saturated rings. The minimum atomic E-state index is -0.398. The van der Waals surface area contributed by atoms with Crippen LogP contribution in [0.2, 0.25) is 5.02 Å². The fraction of sp³-hybridized carbons (Fsp3) is 0.242. The van der Waals surface area contributed by atoms with Crippen LogP contribution in [0.3, 0.4) is 0 Å². The number of hydrazine groups is 1. The van der Waals surface area contributed by atoms with E-state index in [4.69, 9.17) is 25.8 Å². The standard InChI is InChI=1S/C33H30ClFN6O4/c1-43-28-7-3-6-25(32(28)35)22-4-2-5-24-23(22)8-9-27(24)45-30-12-29(44-18-20-10-19(13-36)14-37-15-20)21(11-26(30)34)16-38-17-31-39-33(42)41-40-31/h2-7,10-12,14-15,27,31,38,40H,8-9,16-18H2,1H3,(H2,39,41,42)/t27-,31?/m0/s1. The van der Waals surface area contributed by atoms with E-state index in [1.807, 2.05) is 18.2 Å². The maximum Gasteiger partial charge on any atom is 0.330 e. The number of fused-ring (bicyclic) bond motifs is 1. The number of hydrogen-bond acceptors (Lipinski definition) is 8. The third kappa shape index (κ3) is 6.63. The number of ether oxygens (including phenoxy) is 3. The first-order chi connectivity index (χ1) is 21.9. The van der Waals surface area contributed by atoms with Crippen LogP contribution in [0.25, 0.3) is 11.1 Å². The van der Waals surface area contributed by atoms with E-state index >= 15 is 4.39 Å². The van der Waals surface area contributed by atoms with Crippen LogP contribution < -0.4 is 35.7 Å². The van der Waals surface area contributed by atoms with Crippen molar-refractivity contribution in [2.45, 2.75) is 38.3 Å². The number of pyridine rings is 1. The number of methoxy groups -OCH3 is 1. The van der Waals surface area contributed by atoms with Gasteiger partial charge in [-0.05, 0) is 47.7 Å². The van der Waals surface area contributed by atoms with Gasteiger partial charge in [-0.3, -0.25) is 10.4 Å². The molecule has 4 aromatic rings. The largest absolute Gasteiger partial charge is 0.494 e. The Labute approximate surface area is 264 Å². The molecule has 0 saturated carbocycles. The zero-order valence-electron chi connectivity index (χ0n) is 24.3. The van der Waals surface area contributed by atoms with Crippen LogP contribution in [0, 0.1) is 17.1 Å². The van der Waals surface area contributed by atoms with Gasteiger partial charge in [0, 0.05) is 48.2 Å². The highest BCUT2D eigenvalue weighted by Gasteiger charge is 2.29. The number of aromatic nitrogens is 1. The lowest BCUT2D eigenvalue weighted by molar-refractivity contribution is 0.206. The quantitative estimate of drug-likeness (QED) is 0.176. The van der Waals surface area contributed by atoms with Crippen LogP contribution in [-0.2, 0) is 19.6 Å². The molecule has 1 unspecified atom stereocenters. The van der Waals surface area contributed by atoms with Crippen molar-refractivity contribution >= 4 is 17.6 Å². The molecular weight excluding hydrogens is 599 g/mol. The molecule has 12 heteroatoms. The lowest BCUT2D eigenvalue weighted by atomic mass is 9.96. The number of amides is 2. The molecule has 45 heavy (non-hydrogen) atoms. The maximum atomic E-state index is 15.2. The summed E-state index contributed by atoms with van der Waals surface area (Å²) in [5.41, 5.74) is 10.6. The Kier molecular flexibility index (Phi) is 8.98. The summed E-state index contributed by atoms with van der Waals surface area (Å²) in [5.74, 6) is 0.783. The normalized spacial score (nSPS) is 16.8. The molecule has 0 bridgehead atoms. The van der Waals surface area contributed by atoms with E-state index in [-0.39, 0.29) is 30.7 Å². The van der Waals surface area contributed by atoms with Gasteiger partial charge < -0.3 is 24.8 Å². The highest BCUT2D eigenvalue weighted by molar-refractivity contribution is 6.32. The molecular formula is C33H30ClFN6O4. The molecule has 3 aromatic carbocycles. The van der Waals surface area contributed by atoms with E-state index < -0.39 is 5.82 Å². The molecule has 1 aliphatic heterocycles. The van der Waals surface area contributed by atoms with Gasteiger partial charge in [0.1, 0.15) is 36.4 Å². The number of carbonyl (C=O) groups excluding carboxylic acids is 1. The van der Waals surface area contributed by atoms with Gasteiger partial charge in [-0.15, -0.1) is 0 Å². The van der Waals surface area contributed by atoms with Crippen LogP contribution in [0.5, 0.6) is 17.2 Å². The molecule has 4 N–H and O–H groups in total. The van der Waals surface area contributed by atoms with Gasteiger partial charge in [0.15, 0.2) is 11.6 Å². The number of nitrogens with zero attached hydrogens (tertiary/aromatic N) is 2. The molecule has 10 nitrogen and oxygen atoms in total. The van der Waals surface area contributed by atoms with Crippen LogP contribution in [0.4, 0.5) is 9.18 Å². The lowest BCUT2D eigenvalue weighted by Gasteiger charge is -2.20. The summed E-state index contributed by atoms with van der Waals surface area (Å²) in [4.78, 5) is 15.5. The predicted molar refractivity (Wildman–Crippen MR) is 165 cm³/mol. The summed E-state index contributed by atoms with van der Waals surface area (Å²) in [7, 11) is 1.45. The third-order valence-corrected chi connectivity index (χ3v) is 8.02. The molecule has 2 heterocycles. The predicted octanol–water partition coefficient (Wildman–Crippen LogP) is 5.30. The van der Waals surface area contributed by atoms with Gasteiger partial charge in [-0.2, -0.15) is 5.26 Å². The molecule has 2 amide bonds. The van der Waals surface area contributed by atoms with Gasteiger partial charge in [0.2, 0.25) is 0 Å². The Morgan fingerprint density at radius 1 is 1.11 bits per heavy atom. The summed E-state index contributed by atoms with van der Waals surface area (Å²) < 4.78 is 33.1. The number of carbonyl (C=O) groups is 1. The Hall–Kier alpha value is -4.89. The Morgan fingerprint density at radius 2 is 1.96 bits per heavy atom. The second kappa shape index (κ2) is 13.4. The van der Waals surface area contributed by atoms with E-state index in [1.54, 1.807) is 42.6 Å². The van der Waals surface area contributed by atoms with Gasteiger partial charge in [-0.25, -0.2) is 14.6 Å². The van der Waals surface area contributed by atoms with Crippen molar-refractivity contribution in [2.24, 2.45) is 0 Å². The third-order valence-electron chi connectivity index (χ3n) is 7.72. The molecule has 230 valence electrons. The highest BCUT2D eigenvalue weighted by Crippen LogP contribution is 2.43. The molecule has 2 atom stereocenters. The average molecular weight is 629 g/mol. The average Bonchev–Trinajstić information content (AvgIpc) is 3.67. The number of hydrogen-bond donors (Lipinski definition) is 4. The van der Waals surface area contributed by atoms with E-state index in [0.29, 0.717) is 53.6 Å². The number of urea groups is 1. The van der Waals surface area contributed by atoms with Gasteiger partial charge in [0.05, 0.1) is 17.7 Å². The van der Waals surface area contributed by atoms with Crippen molar-refractivity contribution in [3.63, 3.8) is 0 Å². The van der Waals surface area contributed by atoms with E-state index in [2.05, 4.69) is 32.5 Å². The summed E-state index contributed by atoms with van der Waals surface area (Å²) in [6, 6.07) is 18.0. The van der Waals surface area contributed by atoms with Crippen molar-refractivity contribution in [3.8, 4) is 34.4 Å². The van der Waals surface area contributed by atoms with E-state index in [9.17, 15) is 10.1 Å². The topological polar surface area (TPSA) is 130 Å². The van der Waals surface area contributed by atoms with E-state index in [0.717, 1.165) is 27.8 Å². The number of halogens is 2. The molecule has 2 aliphatic rings. The highest BCUT2D eigenvalue weighted by atomic mass is 35.5. The van der Waals surface area contributed by atoms with Crippen LogP contribution in [-0.4, -0.2) is 30.8 Å². The van der Waals surface area contributed by atoms with Gasteiger partial charge >= 0.3 is 6.03 Å². The van der Waals surface area contributed by atoms with Crippen molar-refractivity contribution in [2.75, 3.05) is 13.7 Å². The summed E-state index contributed by atoms with van der Waals surface area (Å²) in [6.45, 7) is 1.00. The smallest absolute Gasteiger partial charge is 0.330 e. The zero-order valence-corrected chi connectivity index (χ0v) is 25.1. The maximum absolute atomic E-state index is 15.2. The summed E-state index contributed by atoms with van der Waals surface area (Å²) >= 11 is 6.77. The second-order valence-electron chi connectivity index (χ2n) is 10.6. The van der Waals surface area contributed by atoms with Crippen molar-refractivity contribution in [1.29, 1.82) is 5.26 Å². The van der Waals surface area contributed by atoms with Gasteiger partial charge in [0.25, 0.3) is 0 Å². The Morgan fingerprint density at radius 3 is 2.76 bits per heavy atom. The van der Waals surface area contributed by atoms with Gasteiger partial charge in [-0.1, -0.05) is 41.9 Å². The van der Waals surface area contributed by atoms with Crippen LogP contribution in [0.1, 0.15) is 40.3 Å². The van der Waals surface area contributed by atoms with Crippen molar-refractivity contribution in [3.05, 3.63) is 106 Å². The first-order valence-electron chi connectivity index (χ1n) is 14.4. The zero-order chi connectivity index (χ0) is 31.3. The SMILES string of the molecule is COc1cccc(-c2cccc3c2CC[C@@H]3Oc2cc(OCc3cncc(C#N)c3)c(CNCC3NNC(=O)N3)cc2Cl)c1F. The minimum Gasteiger partial charge on any atom is -0.494 e. The molecule has 0 radical (unpaired) electrons. The number of rotatable bonds is 11. The second-order valence-corrected chi connectivity index (χ2v) is 11.0. The summed E-state index contributed by atoms with van der Waals surface area (Å²) in [6.07, 6.45) is 3.95. The van der Waals surface area contributed by atoms with Crippen molar-refractivity contribution < 1.29 is 23.4 Å². The monoisotopic (exact) mass is 628 g/mol. The molecule has 6 rings (SSSR count). The van der Waals surface area contributed by atoms with E-state index in [1.165, 1.54) is 13.3 Å². The lowest BCUT2D eigenvalue weighted by Crippen LogP contribution is -2.42. The molecule has 1 aromatic heterocycles. The molecule has 0 spiro atoms. The first kappa shape index (κ1) is 30.1.